The first kappa shape index (κ1) is 16.5. The first-order valence-corrected chi connectivity index (χ1v) is 8.54. The summed E-state index contributed by atoms with van der Waals surface area (Å²) in [6.07, 6.45) is 1.10. The number of nitrogens with one attached hydrogen (secondary N) is 1. The van der Waals surface area contributed by atoms with Gasteiger partial charge in [-0.1, -0.05) is 13.8 Å². The van der Waals surface area contributed by atoms with Crippen LogP contribution >= 0.6 is 11.3 Å². The predicted octanol–water partition coefficient (Wildman–Crippen LogP) is 2.53. The molecule has 5 heteroatoms. The van der Waals surface area contributed by atoms with Crippen LogP contribution in [0.2, 0.25) is 0 Å². The summed E-state index contributed by atoms with van der Waals surface area (Å²) in [4.78, 5) is 16.6. The molecule has 0 bridgehead atoms. The molecule has 21 heavy (non-hydrogen) atoms. The number of carbonyl (C=O) groups is 1. The van der Waals surface area contributed by atoms with E-state index >= 15 is 0 Å². The Balaban J connectivity index is 1.90. The average Bonchev–Trinajstić information content (AvgIpc) is 2.90. The van der Waals surface area contributed by atoms with Gasteiger partial charge < -0.3 is 10.1 Å². The Kier molecular flexibility index (Phi) is 6.21. The standard InChI is InChI=1S/C16H26N2O2S/c1-12(2)10-14(18-6-8-20-9-7-18)11-17-16(19)15-5-4-13(3)21-15/h4-5,12,14H,6-11H2,1-3H3,(H,17,19). The van der Waals surface area contributed by atoms with Crippen LogP contribution in [0.15, 0.2) is 12.1 Å². The minimum Gasteiger partial charge on any atom is -0.379 e. The lowest BCUT2D eigenvalue weighted by atomic mass is 10.0. The molecule has 1 aliphatic rings. The van der Waals surface area contributed by atoms with E-state index in [9.17, 15) is 4.79 Å². The van der Waals surface area contributed by atoms with E-state index in [4.69, 9.17) is 4.74 Å². The van der Waals surface area contributed by atoms with Crippen LogP contribution in [0.5, 0.6) is 0 Å². The topological polar surface area (TPSA) is 41.6 Å². The van der Waals surface area contributed by atoms with E-state index in [0.717, 1.165) is 37.6 Å². The van der Waals surface area contributed by atoms with Gasteiger partial charge in [-0.15, -0.1) is 11.3 Å². The molecule has 0 saturated carbocycles. The predicted molar refractivity (Wildman–Crippen MR) is 87.0 cm³/mol. The third-order valence-corrected chi connectivity index (χ3v) is 4.77. The smallest absolute Gasteiger partial charge is 0.261 e. The zero-order valence-corrected chi connectivity index (χ0v) is 14.0. The molecule has 2 rings (SSSR count). The second-order valence-electron chi connectivity index (χ2n) is 6.05. The molecule has 118 valence electrons. The average molecular weight is 310 g/mol. The van der Waals surface area contributed by atoms with Gasteiger partial charge in [-0.3, -0.25) is 9.69 Å². The highest BCUT2D eigenvalue weighted by atomic mass is 32.1. The SMILES string of the molecule is Cc1ccc(C(=O)NCC(CC(C)C)N2CCOCC2)s1. The number of aryl methyl sites for hydroxylation is 1. The van der Waals surface area contributed by atoms with Gasteiger partial charge in [-0.2, -0.15) is 0 Å². The lowest BCUT2D eigenvalue weighted by Gasteiger charge is -2.35. The number of hydrogen-bond donors (Lipinski definition) is 1. The molecule has 2 heterocycles. The first-order valence-electron chi connectivity index (χ1n) is 7.72. The number of hydrogen-bond acceptors (Lipinski definition) is 4. The molecule has 1 fully saturated rings. The van der Waals surface area contributed by atoms with Crippen LogP contribution in [0.1, 0.15) is 34.8 Å². The summed E-state index contributed by atoms with van der Waals surface area (Å²) in [7, 11) is 0. The normalized spacial score (nSPS) is 17.9. The van der Waals surface area contributed by atoms with E-state index in [2.05, 4.69) is 24.1 Å². The summed E-state index contributed by atoms with van der Waals surface area (Å²) < 4.78 is 5.43. The molecule has 1 aromatic rings. The van der Waals surface area contributed by atoms with Crippen LogP contribution in [0, 0.1) is 12.8 Å². The van der Waals surface area contributed by atoms with Crippen LogP contribution in [-0.4, -0.2) is 49.7 Å². The molecule has 0 aliphatic carbocycles. The van der Waals surface area contributed by atoms with Gasteiger partial charge in [-0.05, 0) is 31.4 Å². The van der Waals surface area contributed by atoms with Gasteiger partial charge in [0.1, 0.15) is 0 Å². The van der Waals surface area contributed by atoms with Gasteiger partial charge in [-0.25, -0.2) is 0 Å². The summed E-state index contributed by atoms with van der Waals surface area (Å²) in [6.45, 7) is 10.7. The maximum atomic E-state index is 12.2. The molecule has 0 radical (unpaired) electrons. The Labute approximate surface area is 131 Å². The van der Waals surface area contributed by atoms with Crippen molar-refractivity contribution in [2.24, 2.45) is 5.92 Å². The van der Waals surface area contributed by atoms with Gasteiger partial charge >= 0.3 is 0 Å². The number of rotatable bonds is 6. The first-order chi connectivity index (χ1) is 10.1. The van der Waals surface area contributed by atoms with Crippen molar-refractivity contribution in [2.45, 2.75) is 33.2 Å². The number of morpholine rings is 1. The monoisotopic (exact) mass is 310 g/mol. The Morgan fingerprint density at radius 3 is 2.67 bits per heavy atom. The van der Waals surface area contributed by atoms with Crippen molar-refractivity contribution >= 4 is 17.2 Å². The van der Waals surface area contributed by atoms with Crippen molar-refractivity contribution in [1.82, 2.24) is 10.2 Å². The van der Waals surface area contributed by atoms with Crippen LogP contribution < -0.4 is 5.32 Å². The van der Waals surface area contributed by atoms with Crippen LogP contribution in [-0.2, 0) is 4.74 Å². The Bertz CT molecular complexity index is 453. The third kappa shape index (κ3) is 5.09. The van der Waals surface area contributed by atoms with Crippen LogP contribution in [0.25, 0.3) is 0 Å². The minimum atomic E-state index is 0.0510. The van der Waals surface area contributed by atoms with Crippen molar-refractivity contribution in [3.63, 3.8) is 0 Å². The molecular weight excluding hydrogens is 284 g/mol. The summed E-state index contributed by atoms with van der Waals surface area (Å²) >= 11 is 1.55. The molecule has 1 N–H and O–H groups in total. The fourth-order valence-electron chi connectivity index (χ4n) is 2.70. The van der Waals surface area contributed by atoms with Gasteiger partial charge in [0.15, 0.2) is 0 Å². The molecule has 1 unspecified atom stereocenters. The van der Waals surface area contributed by atoms with Crippen LogP contribution in [0.3, 0.4) is 0 Å². The van der Waals surface area contributed by atoms with Crippen LogP contribution in [0.4, 0.5) is 0 Å². The quantitative estimate of drug-likeness (QED) is 0.878. The van der Waals surface area contributed by atoms with Crippen molar-refractivity contribution in [3.05, 3.63) is 21.9 Å². The highest BCUT2D eigenvalue weighted by Crippen LogP contribution is 2.16. The summed E-state index contributed by atoms with van der Waals surface area (Å²) in [5.41, 5.74) is 0. The van der Waals surface area contributed by atoms with E-state index in [0.29, 0.717) is 18.5 Å². The summed E-state index contributed by atoms with van der Waals surface area (Å²) in [5, 5.41) is 3.10. The lowest BCUT2D eigenvalue weighted by Crippen LogP contribution is -2.49. The van der Waals surface area contributed by atoms with Gasteiger partial charge in [0.05, 0.1) is 18.1 Å². The zero-order chi connectivity index (χ0) is 15.2. The maximum Gasteiger partial charge on any atom is 0.261 e. The lowest BCUT2D eigenvalue weighted by molar-refractivity contribution is 0.0125. The minimum absolute atomic E-state index is 0.0510. The highest BCUT2D eigenvalue weighted by Gasteiger charge is 2.22. The third-order valence-electron chi connectivity index (χ3n) is 3.77. The Morgan fingerprint density at radius 2 is 2.10 bits per heavy atom. The highest BCUT2D eigenvalue weighted by molar-refractivity contribution is 7.13. The fraction of sp³-hybridized carbons (Fsp3) is 0.688. The van der Waals surface area contributed by atoms with Crippen molar-refractivity contribution in [1.29, 1.82) is 0 Å². The number of amides is 1. The molecule has 1 amide bonds. The molecule has 1 atom stereocenters. The Morgan fingerprint density at radius 1 is 1.38 bits per heavy atom. The van der Waals surface area contributed by atoms with Gasteiger partial charge in [0, 0.05) is 30.6 Å². The number of thiophene rings is 1. The molecular formula is C16H26N2O2S. The fourth-order valence-corrected chi connectivity index (χ4v) is 3.49. The zero-order valence-electron chi connectivity index (χ0n) is 13.2. The number of carbonyl (C=O) groups excluding carboxylic acids is 1. The van der Waals surface area contributed by atoms with E-state index in [1.54, 1.807) is 11.3 Å². The second kappa shape index (κ2) is 7.92. The second-order valence-corrected chi connectivity index (χ2v) is 7.34. The van der Waals surface area contributed by atoms with Crippen molar-refractivity contribution in [2.75, 3.05) is 32.8 Å². The molecule has 1 aliphatic heterocycles. The van der Waals surface area contributed by atoms with Crippen molar-refractivity contribution < 1.29 is 9.53 Å². The number of ether oxygens (including phenoxy) is 1. The molecule has 0 spiro atoms. The largest absolute Gasteiger partial charge is 0.379 e. The molecule has 1 aromatic heterocycles. The van der Waals surface area contributed by atoms with Crippen molar-refractivity contribution in [3.8, 4) is 0 Å². The van der Waals surface area contributed by atoms with E-state index in [1.165, 1.54) is 4.88 Å². The summed E-state index contributed by atoms with van der Waals surface area (Å²) in [5.74, 6) is 0.675. The molecule has 1 saturated heterocycles. The van der Waals surface area contributed by atoms with E-state index in [1.807, 2.05) is 19.1 Å². The maximum absolute atomic E-state index is 12.2. The molecule has 4 nitrogen and oxygen atoms in total. The van der Waals surface area contributed by atoms with E-state index < -0.39 is 0 Å². The van der Waals surface area contributed by atoms with Gasteiger partial charge in [0.25, 0.3) is 5.91 Å². The Hall–Kier alpha value is -0.910. The molecule has 0 aromatic carbocycles. The number of nitrogens with zero attached hydrogens (tertiary/aromatic N) is 1. The van der Waals surface area contributed by atoms with Gasteiger partial charge in [0.2, 0.25) is 0 Å². The summed E-state index contributed by atoms with van der Waals surface area (Å²) in [6, 6.07) is 4.30. The van der Waals surface area contributed by atoms with E-state index in [-0.39, 0.29) is 5.91 Å².